The van der Waals surface area contributed by atoms with Gasteiger partial charge in [-0.05, 0) is 96.3 Å². The van der Waals surface area contributed by atoms with Crippen molar-refractivity contribution in [1.82, 2.24) is 0 Å². The van der Waals surface area contributed by atoms with Gasteiger partial charge in [0, 0.05) is 19.3 Å². The van der Waals surface area contributed by atoms with Gasteiger partial charge in [0.05, 0.1) is 0 Å². The molecule has 0 saturated heterocycles. The summed E-state index contributed by atoms with van der Waals surface area (Å²) in [5.74, 6) is -0.984. The first-order chi connectivity index (χ1) is 33.0. The number of esters is 3. The van der Waals surface area contributed by atoms with Gasteiger partial charge < -0.3 is 14.2 Å². The smallest absolute Gasteiger partial charge is 0.306 e. The van der Waals surface area contributed by atoms with Gasteiger partial charge in [0.15, 0.2) is 6.10 Å². The maximum absolute atomic E-state index is 12.8. The second-order valence-electron chi connectivity index (χ2n) is 18.8. The van der Waals surface area contributed by atoms with Crippen LogP contribution in [0.5, 0.6) is 0 Å². The molecule has 0 N–H and O–H groups in total. The molecule has 386 valence electrons. The van der Waals surface area contributed by atoms with Crippen molar-refractivity contribution in [3.8, 4) is 0 Å². The van der Waals surface area contributed by atoms with Gasteiger partial charge in [-0.25, -0.2) is 0 Å². The third-order valence-corrected chi connectivity index (χ3v) is 12.2. The number of rotatable bonds is 51. The largest absolute Gasteiger partial charge is 0.462 e. The number of carbonyl (C=O) groups excluding carboxylic acids is 3. The predicted octanol–water partition coefficient (Wildman–Crippen LogP) is 19.0. The first-order valence-electron chi connectivity index (χ1n) is 28.4. The summed E-state index contributed by atoms with van der Waals surface area (Å²) in [5.41, 5.74) is 0. The molecule has 6 nitrogen and oxygen atoms in total. The second-order valence-corrected chi connectivity index (χ2v) is 18.8. The van der Waals surface area contributed by atoms with Gasteiger partial charge >= 0.3 is 17.9 Å². The standard InChI is InChI=1S/C61H106O6/c1-4-7-10-13-16-19-22-25-27-29-30-32-33-36-39-42-45-48-51-54-60(63)66-57-58(56-65-59(62)53-50-47-44-41-38-35-24-21-18-15-12-9-6-3)67-61(64)55-52-49-46-43-40-37-34-31-28-26-23-20-17-14-11-8-5-2/h9,12,18,21,25-28,35,38,44,47,58H,4-8,10-11,13-17,19-20,22-24,29-34,36-37,39-43,45-46,48-57H2,1-3H3/b12-9-,21-18-,27-25-,28-26-,38-35-,47-44-. The van der Waals surface area contributed by atoms with Crippen molar-refractivity contribution >= 4 is 17.9 Å². The fraction of sp³-hybridized carbons (Fsp3) is 0.754. The van der Waals surface area contributed by atoms with Crippen molar-refractivity contribution in [1.29, 1.82) is 0 Å². The van der Waals surface area contributed by atoms with Crippen molar-refractivity contribution in [3.63, 3.8) is 0 Å². The van der Waals surface area contributed by atoms with E-state index in [-0.39, 0.29) is 37.5 Å². The van der Waals surface area contributed by atoms with Crippen LogP contribution in [0.3, 0.4) is 0 Å². The minimum absolute atomic E-state index is 0.0993. The molecule has 0 aromatic rings. The predicted molar refractivity (Wildman–Crippen MR) is 288 cm³/mol. The highest BCUT2D eigenvalue weighted by Crippen LogP contribution is 2.15. The molecule has 0 saturated carbocycles. The van der Waals surface area contributed by atoms with E-state index in [0.29, 0.717) is 19.3 Å². The molecule has 6 heteroatoms. The molecule has 0 aromatic heterocycles. The van der Waals surface area contributed by atoms with Crippen molar-refractivity contribution in [3.05, 3.63) is 72.9 Å². The quantitative estimate of drug-likeness (QED) is 0.0262. The number of ether oxygens (including phenoxy) is 3. The van der Waals surface area contributed by atoms with E-state index in [0.717, 1.165) is 64.2 Å². The summed E-state index contributed by atoms with van der Waals surface area (Å²) in [4.78, 5) is 38.1. The molecule has 0 aliphatic heterocycles. The zero-order valence-corrected chi connectivity index (χ0v) is 44.2. The molecule has 67 heavy (non-hydrogen) atoms. The van der Waals surface area contributed by atoms with E-state index in [2.05, 4.69) is 87.6 Å². The minimum Gasteiger partial charge on any atom is -0.462 e. The summed E-state index contributed by atoms with van der Waals surface area (Å²) in [7, 11) is 0. The molecule has 0 rings (SSSR count). The van der Waals surface area contributed by atoms with E-state index in [9.17, 15) is 14.4 Å². The highest BCUT2D eigenvalue weighted by molar-refractivity contribution is 5.71. The molecule has 0 aromatic carbocycles. The van der Waals surface area contributed by atoms with Gasteiger partial charge in [-0.3, -0.25) is 14.4 Å². The summed E-state index contributed by atoms with van der Waals surface area (Å²) in [6.07, 6.45) is 70.5. The Labute approximate surface area is 414 Å². The van der Waals surface area contributed by atoms with E-state index in [1.807, 2.05) is 6.08 Å². The van der Waals surface area contributed by atoms with E-state index >= 15 is 0 Å². The van der Waals surface area contributed by atoms with E-state index < -0.39 is 6.10 Å². The van der Waals surface area contributed by atoms with E-state index in [1.165, 1.54) is 167 Å². The Morgan fingerprint density at radius 1 is 0.313 bits per heavy atom. The zero-order chi connectivity index (χ0) is 48.6. The van der Waals surface area contributed by atoms with Gasteiger partial charge in [-0.1, -0.05) is 235 Å². The highest BCUT2D eigenvalue weighted by Gasteiger charge is 2.19. The first kappa shape index (κ1) is 63.8. The highest BCUT2D eigenvalue weighted by atomic mass is 16.6. The SMILES string of the molecule is CC/C=C\C/C=C\C/C=C\C/C=C\CCC(=O)OCC(COC(=O)CCCCCCCCCCC/C=C\CCCCCCCC)OC(=O)CCCCCCCCC/C=C\CCCCCCCC. The molecular formula is C61H106O6. The fourth-order valence-electron chi connectivity index (χ4n) is 7.92. The Morgan fingerprint density at radius 3 is 1.00 bits per heavy atom. The Kier molecular flexibility index (Phi) is 52.8. The van der Waals surface area contributed by atoms with Crippen LogP contribution in [0.2, 0.25) is 0 Å². The monoisotopic (exact) mass is 935 g/mol. The normalized spacial score (nSPS) is 12.6. The Bertz CT molecular complexity index is 1260. The number of hydrogen-bond donors (Lipinski definition) is 0. The lowest BCUT2D eigenvalue weighted by molar-refractivity contribution is -0.166. The topological polar surface area (TPSA) is 78.9 Å². The molecule has 0 heterocycles. The Morgan fingerprint density at radius 2 is 0.612 bits per heavy atom. The number of unbranched alkanes of at least 4 members (excludes halogenated alkanes) is 28. The molecular weight excluding hydrogens is 829 g/mol. The van der Waals surface area contributed by atoms with Crippen LogP contribution in [-0.4, -0.2) is 37.2 Å². The molecule has 0 aliphatic carbocycles. The van der Waals surface area contributed by atoms with Crippen LogP contribution in [0.25, 0.3) is 0 Å². The van der Waals surface area contributed by atoms with Gasteiger partial charge in [-0.2, -0.15) is 0 Å². The van der Waals surface area contributed by atoms with Crippen LogP contribution < -0.4 is 0 Å². The number of carbonyl (C=O) groups is 3. The van der Waals surface area contributed by atoms with Gasteiger partial charge in [0.2, 0.25) is 0 Å². The van der Waals surface area contributed by atoms with Crippen LogP contribution in [0.4, 0.5) is 0 Å². The third kappa shape index (κ3) is 53.7. The van der Waals surface area contributed by atoms with Crippen LogP contribution in [0.1, 0.15) is 278 Å². The summed E-state index contributed by atoms with van der Waals surface area (Å²) in [6, 6.07) is 0. The Balaban J connectivity index is 4.41. The number of allylic oxidation sites excluding steroid dienone is 12. The van der Waals surface area contributed by atoms with Crippen molar-refractivity contribution in [2.24, 2.45) is 0 Å². The molecule has 1 unspecified atom stereocenters. The van der Waals surface area contributed by atoms with Gasteiger partial charge in [0.1, 0.15) is 13.2 Å². The first-order valence-corrected chi connectivity index (χ1v) is 28.4. The average molecular weight is 936 g/mol. The van der Waals surface area contributed by atoms with Crippen molar-refractivity contribution < 1.29 is 28.6 Å². The van der Waals surface area contributed by atoms with Gasteiger partial charge in [0.25, 0.3) is 0 Å². The lowest BCUT2D eigenvalue weighted by Gasteiger charge is -2.18. The molecule has 0 bridgehead atoms. The maximum Gasteiger partial charge on any atom is 0.306 e. The van der Waals surface area contributed by atoms with E-state index in [1.54, 1.807) is 0 Å². The lowest BCUT2D eigenvalue weighted by Crippen LogP contribution is -2.30. The van der Waals surface area contributed by atoms with Gasteiger partial charge in [-0.15, -0.1) is 0 Å². The van der Waals surface area contributed by atoms with Crippen LogP contribution in [-0.2, 0) is 28.6 Å². The van der Waals surface area contributed by atoms with Crippen molar-refractivity contribution in [2.75, 3.05) is 13.2 Å². The second kappa shape index (κ2) is 55.4. The number of hydrogen-bond acceptors (Lipinski definition) is 6. The molecule has 0 spiro atoms. The van der Waals surface area contributed by atoms with Crippen LogP contribution in [0, 0.1) is 0 Å². The third-order valence-electron chi connectivity index (χ3n) is 12.2. The summed E-state index contributed by atoms with van der Waals surface area (Å²) in [5, 5.41) is 0. The lowest BCUT2D eigenvalue weighted by atomic mass is 10.1. The summed E-state index contributed by atoms with van der Waals surface area (Å²) in [6.45, 7) is 6.46. The van der Waals surface area contributed by atoms with Crippen LogP contribution >= 0.6 is 0 Å². The molecule has 1 atom stereocenters. The molecule has 0 fully saturated rings. The van der Waals surface area contributed by atoms with Crippen molar-refractivity contribution in [2.45, 2.75) is 284 Å². The molecule has 0 aliphatic rings. The Hall–Kier alpha value is -3.15. The van der Waals surface area contributed by atoms with E-state index in [4.69, 9.17) is 14.2 Å². The van der Waals surface area contributed by atoms with Crippen LogP contribution in [0.15, 0.2) is 72.9 Å². The average Bonchev–Trinajstić information content (AvgIpc) is 3.33. The summed E-state index contributed by atoms with van der Waals surface area (Å²) >= 11 is 0. The zero-order valence-electron chi connectivity index (χ0n) is 44.2. The summed E-state index contributed by atoms with van der Waals surface area (Å²) < 4.78 is 16.8. The molecule has 0 radical (unpaired) electrons. The minimum atomic E-state index is -0.807. The fourth-order valence-corrected chi connectivity index (χ4v) is 7.92. The maximum atomic E-state index is 12.8. The molecule has 0 amide bonds.